The van der Waals surface area contributed by atoms with Crippen LogP contribution in [0.2, 0.25) is 0 Å². The van der Waals surface area contributed by atoms with Crippen molar-refractivity contribution in [3.05, 3.63) is 18.7 Å². The fraction of sp³-hybridized carbons (Fsp3) is 0.700. The van der Waals surface area contributed by atoms with E-state index in [0.29, 0.717) is 6.04 Å². The summed E-state index contributed by atoms with van der Waals surface area (Å²) < 4.78 is 0. The molecule has 0 spiro atoms. The zero-order chi connectivity index (χ0) is 9.10. The maximum absolute atomic E-state index is 3.27. The summed E-state index contributed by atoms with van der Waals surface area (Å²) in [5.41, 5.74) is 0. The normalized spacial score (nSPS) is 32.2. The van der Waals surface area contributed by atoms with Crippen LogP contribution in [0.4, 0.5) is 0 Å². The third kappa shape index (κ3) is 2.30. The summed E-state index contributed by atoms with van der Waals surface area (Å²) in [5, 5.41) is 3.15. The molecule has 0 aromatic rings. The molecule has 2 radical (unpaired) electrons. The predicted molar refractivity (Wildman–Crippen MR) is 53.2 cm³/mol. The van der Waals surface area contributed by atoms with Gasteiger partial charge in [-0.2, -0.15) is 0 Å². The van der Waals surface area contributed by atoms with Gasteiger partial charge in [0.25, 0.3) is 0 Å². The molecule has 3 nitrogen and oxygen atoms in total. The molecule has 1 atom stereocenters. The number of piperazine rings is 1. The molecule has 1 unspecified atom stereocenters. The third-order valence-corrected chi connectivity index (χ3v) is 2.72. The standard InChI is InChI=1S/C10H17N3/c1-12-5-7-13(8-6-12)10-3-2-4-11-9-10/h2-3,10-11H,4-8H2,1H3. The lowest BCUT2D eigenvalue weighted by molar-refractivity contribution is 0.137. The van der Waals surface area contributed by atoms with Crippen molar-refractivity contribution in [2.45, 2.75) is 6.04 Å². The molecule has 13 heavy (non-hydrogen) atoms. The highest BCUT2D eigenvalue weighted by Crippen LogP contribution is 2.09. The molecule has 0 bridgehead atoms. The first-order valence-electron chi connectivity index (χ1n) is 4.94. The van der Waals surface area contributed by atoms with E-state index in [4.69, 9.17) is 0 Å². The first kappa shape index (κ1) is 9.19. The molecule has 2 aliphatic heterocycles. The quantitative estimate of drug-likeness (QED) is 0.562. The van der Waals surface area contributed by atoms with Crippen molar-refractivity contribution in [3.63, 3.8) is 0 Å². The maximum atomic E-state index is 3.27. The van der Waals surface area contributed by atoms with Gasteiger partial charge in [0.15, 0.2) is 0 Å². The van der Waals surface area contributed by atoms with Crippen LogP contribution in [-0.2, 0) is 0 Å². The van der Waals surface area contributed by atoms with Gasteiger partial charge in [-0.1, -0.05) is 12.2 Å². The summed E-state index contributed by atoms with van der Waals surface area (Å²) in [6.45, 7) is 8.86. The van der Waals surface area contributed by atoms with E-state index < -0.39 is 0 Å². The average Bonchev–Trinajstić information content (AvgIpc) is 2.20. The van der Waals surface area contributed by atoms with Crippen molar-refractivity contribution < 1.29 is 0 Å². The largest absolute Gasteiger partial charge is 0.304 e. The fourth-order valence-electron chi connectivity index (χ4n) is 1.78. The minimum absolute atomic E-state index is 0.391. The maximum Gasteiger partial charge on any atom is 0.0821 e. The number of rotatable bonds is 1. The summed E-state index contributed by atoms with van der Waals surface area (Å²) in [4.78, 5) is 4.83. The van der Waals surface area contributed by atoms with Crippen LogP contribution in [0.1, 0.15) is 0 Å². The molecule has 2 aliphatic rings. The van der Waals surface area contributed by atoms with Crippen molar-refractivity contribution in [1.29, 1.82) is 0 Å². The molecule has 1 saturated heterocycles. The Labute approximate surface area is 80.4 Å². The van der Waals surface area contributed by atoms with Crippen LogP contribution < -0.4 is 5.32 Å². The molecular weight excluding hydrogens is 162 g/mol. The number of nitrogens with one attached hydrogen (secondary N) is 1. The fourth-order valence-corrected chi connectivity index (χ4v) is 1.78. The topological polar surface area (TPSA) is 18.5 Å². The molecule has 0 saturated carbocycles. The highest BCUT2D eigenvalue weighted by molar-refractivity contribution is 5.07. The van der Waals surface area contributed by atoms with Crippen LogP contribution >= 0.6 is 0 Å². The van der Waals surface area contributed by atoms with Gasteiger partial charge in [-0.15, -0.1) is 0 Å². The van der Waals surface area contributed by atoms with E-state index in [1.165, 1.54) is 13.1 Å². The molecule has 0 aromatic carbocycles. The molecule has 0 aliphatic carbocycles. The summed E-state index contributed by atoms with van der Waals surface area (Å²) in [6.07, 6.45) is 4.42. The predicted octanol–water partition coefficient (Wildman–Crippen LogP) is -0.199. The number of hydrogen-bond acceptors (Lipinski definition) is 3. The van der Waals surface area contributed by atoms with Gasteiger partial charge >= 0.3 is 0 Å². The Balaban J connectivity index is 1.86. The number of hydrogen-bond donors (Lipinski definition) is 1. The third-order valence-electron chi connectivity index (χ3n) is 2.72. The van der Waals surface area contributed by atoms with Gasteiger partial charge in [-0.3, -0.25) is 4.90 Å². The summed E-state index contributed by atoms with van der Waals surface area (Å²) >= 11 is 0. The second-order valence-electron chi connectivity index (χ2n) is 3.74. The van der Waals surface area contributed by atoms with Crippen molar-refractivity contribution in [3.8, 4) is 0 Å². The Bertz CT molecular complexity index is 183. The highest BCUT2D eigenvalue weighted by Gasteiger charge is 2.21. The first-order chi connectivity index (χ1) is 6.36. The minimum atomic E-state index is 0.391. The Hall–Kier alpha value is -0.380. The van der Waals surface area contributed by atoms with Crippen molar-refractivity contribution in [1.82, 2.24) is 15.1 Å². The molecule has 3 heteroatoms. The smallest absolute Gasteiger partial charge is 0.0821 e. The van der Waals surface area contributed by atoms with Gasteiger partial charge in [0.2, 0.25) is 0 Å². The first-order valence-corrected chi connectivity index (χ1v) is 4.94. The van der Waals surface area contributed by atoms with Crippen molar-refractivity contribution in [2.75, 3.05) is 39.8 Å². The van der Waals surface area contributed by atoms with Crippen molar-refractivity contribution in [2.24, 2.45) is 0 Å². The second kappa shape index (κ2) is 4.22. The van der Waals surface area contributed by atoms with Gasteiger partial charge in [-0.25, -0.2) is 0 Å². The lowest BCUT2D eigenvalue weighted by Crippen LogP contribution is -2.50. The van der Waals surface area contributed by atoms with Crippen molar-refractivity contribution >= 4 is 0 Å². The van der Waals surface area contributed by atoms with E-state index in [0.717, 1.165) is 19.6 Å². The summed E-state index contributed by atoms with van der Waals surface area (Å²) in [5.74, 6) is 0. The molecule has 1 fully saturated rings. The van der Waals surface area contributed by atoms with Crippen LogP contribution in [0.15, 0.2) is 12.2 Å². The lowest BCUT2D eigenvalue weighted by atomic mass is 10.1. The minimum Gasteiger partial charge on any atom is -0.304 e. The molecule has 0 aromatic heterocycles. The van der Waals surface area contributed by atoms with Crippen LogP contribution in [0.3, 0.4) is 0 Å². The number of nitrogens with zero attached hydrogens (tertiary/aromatic N) is 2. The SMILES string of the molecule is CN1CCN(C2[C]NCC=C2)CC1. The second-order valence-corrected chi connectivity index (χ2v) is 3.74. The Morgan fingerprint density at radius 3 is 2.69 bits per heavy atom. The lowest BCUT2D eigenvalue weighted by Gasteiger charge is -2.37. The Kier molecular flexibility index (Phi) is 2.98. The molecular formula is C10H17N3. The zero-order valence-corrected chi connectivity index (χ0v) is 8.16. The van der Waals surface area contributed by atoms with Gasteiger partial charge in [0.05, 0.1) is 12.6 Å². The molecule has 2 rings (SSSR count). The Morgan fingerprint density at radius 1 is 1.31 bits per heavy atom. The van der Waals surface area contributed by atoms with Crippen LogP contribution in [0.25, 0.3) is 0 Å². The highest BCUT2D eigenvalue weighted by atomic mass is 15.3. The van der Waals surface area contributed by atoms with Gasteiger partial charge in [-0.05, 0) is 7.05 Å². The van der Waals surface area contributed by atoms with E-state index in [1.54, 1.807) is 0 Å². The Morgan fingerprint density at radius 2 is 2.08 bits per heavy atom. The number of likely N-dealkylation sites (N-methyl/N-ethyl adjacent to an activating group) is 1. The van der Waals surface area contributed by atoms with E-state index in [-0.39, 0.29) is 0 Å². The van der Waals surface area contributed by atoms with Gasteiger partial charge in [0, 0.05) is 32.7 Å². The molecule has 1 N–H and O–H groups in total. The van der Waals surface area contributed by atoms with Crippen LogP contribution in [-0.4, -0.2) is 55.6 Å². The van der Waals surface area contributed by atoms with E-state index in [1.807, 2.05) is 0 Å². The van der Waals surface area contributed by atoms with Crippen LogP contribution in [0.5, 0.6) is 0 Å². The average molecular weight is 179 g/mol. The molecule has 72 valence electrons. The van der Waals surface area contributed by atoms with E-state index >= 15 is 0 Å². The van der Waals surface area contributed by atoms with Crippen LogP contribution in [0, 0.1) is 6.54 Å². The molecule has 0 amide bonds. The molecule has 2 heterocycles. The van der Waals surface area contributed by atoms with E-state index in [9.17, 15) is 0 Å². The summed E-state index contributed by atoms with van der Waals surface area (Å²) in [7, 11) is 2.18. The summed E-state index contributed by atoms with van der Waals surface area (Å²) in [6, 6.07) is 0.391. The van der Waals surface area contributed by atoms with Gasteiger partial charge in [0.1, 0.15) is 0 Å². The monoisotopic (exact) mass is 179 g/mol. The van der Waals surface area contributed by atoms with Gasteiger partial charge < -0.3 is 10.2 Å². The van der Waals surface area contributed by atoms with E-state index in [2.05, 4.69) is 40.9 Å². The zero-order valence-electron chi connectivity index (χ0n) is 8.16.